The molecule has 4 rings (SSSR count). The van der Waals surface area contributed by atoms with Crippen molar-refractivity contribution in [1.29, 1.82) is 0 Å². The van der Waals surface area contributed by atoms with Crippen molar-refractivity contribution in [2.24, 2.45) is 4.99 Å². The van der Waals surface area contributed by atoms with E-state index < -0.39 is 12.0 Å². The van der Waals surface area contributed by atoms with Crippen LogP contribution in [0.5, 0.6) is 0 Å². The Bertz CT molecular complexity index is 1460. The van der Waals surface area contributed by atoms with E-state index in [0.29, 0.717) is 29.8 Å². The Morgan fingerprint density at radius 1 is 1.11 bits per heavy atom. The lowest BCUT2D eigenvalue weighted by Gasteiger charge is -2.16. The number of ether oxygens (including phenoxy) is 1. The largest absolute Gasteiger partial charge is 0.467 e. The van der Waals surface area contributed by atoms with Crippen molar-refractivity contribution in [3.8, 4) is 0 Å². The number of amides is 1. The van der Waals surface area contributed by atoms with Gasteiger partial charge in [0, 0.05) is 29.9 Å². The van der Waals surface area contributed by atoms with Gasteiger partial charge in [-0.15, -0.1) is 0 Å². The molecule has 0 saturated carbocycles. The summed E-state index contributed by atoms with van der Waals surface area (Å²) in [4.78, 5) is 41.4. The lowest BCUT2D eigenvalue weighted by atomic mass is 9.99. The van der Waals surface area contributed by atoms with Crippen LogP contribution >= 0.6 is 0 Å². The van der Waals surface area contributed by atoms with Crippen LogP contribution in [0.4, 0.5) is 5.69 Å². The molecular weight excluding hydrogens is 446 g/mol. The van der Waals surface area contributed by atoms with Gasteiger partial charge >= 0.3 is 5.97 Å². The molecule has 3 aromatic rings. The van der Waals surface area contributed by atoms with Gasteiger partial charge in [0.15, 0.2) is 0 Å². The molecule has 0 bridgehead atoms. The lowest BCUT2D eigenvalue weighted by Crippen LogP contribution is -2.41. The van der Waals surface area contributed by atoms with Crippen LogP contribution < -0.4 is 27.2 Å². The van der Waals surface area contributed by atoms with Crippen LogP contribution in [0.15, 0.2) is 64.0 Å². The Hall–Kier alpha value is -4.40. The van der Waals surface area contributed by atoms with Crippen molar-refractivity contribution in [2.75, 3.05) is 12.8 Å². The Morgan fingerprint density at radius 2 is 1.86 bits per heavy atom. The van der Waals surface area contributed by atoms with Crippen molar-refractivity contribution < 1.29 is 14.3 Å². The lowest BCUT2D eigenvalue weighted by molar-refractivity contribution is -0.144. The van der Waals surface area contributed by atoms with Gasteiger partial charge < -0.3 is 20.9 Å². The fourth-order valence-corrected chi connectivity index (χ4v) is 4.12. The highest BCUT2D eigenvalue weighted by molar-refractivity contribution is 5.86. The van der Waals surface area contributed by atoms with Gasteiger partial charge in [0.2, 0.25) is 5.91 Å². The summed E-state index contributed by atoms with van der Waals surface area (Å²) in [6.45, 7) is 1.34. The van der Waals surface area contributed by atoms with Gasteiger partial charge in [0.05, 0.1) is 23.7 Å². The molecule has 1 aromatic heterocycles. The molecule has 0 fully saturated rings. The number of esters is 1. The van der Waals surface area contributed by atoms with E-state index in [1.165, 1.54) is 14.0 Å². The molecule has 2 heterocycles. The summed E-state index contributed by atoms with van der Waals surface area (Å²) >= 11 is 0. The molecule has 0 radical (unpaired) electrons. The van der Waals surface area contributed by atoms with E-state index in [-0.39, 0.29) is 17.9 Å². The van der Waals surface area contributed by atoms with E-state index in [4.69, 9.17) is 15.5 Å². The van der Waals surface area contributed by atoms with Crippen LogP contribution in [0.3, 0.4) is 0 Å². The molecule has 1 aliphatic heterocycles. The zero-order valence-electron chi connectivity index (χ0n) is 19.6. The number of benzene rings is 2. The number of H-pyrrole nitrogens is 2. The fraction of sp³-hybridized carbons (Fsp3) is 0.231. The zero-order chi connectivity index (χ0) is 24.9. The number of nitrogen functional groups attached to an aromatic ring is 1. The van der Waals surface area contributed by atoms with E-state index in [2.05, 4.69) is 15.5 Å². The summed E-state index contributed by atoms with van der Waals surface area (Å²) in [5.41, 5.74) is 9.82. The molecule has 180 valence electrons. The van der Waals surface area contributed by atoms with Crippen molar-refractivity contribution in [3.05, 3.63) is 92.0 Å². The van der Waals surface area contributed by atoms with Crippen LogP contribution in [-0.2, 0) is 27.2 Å². The first kappa shape index (κ1) is 23.7. The number of aromatic amines is 2. The second-order valence-electron chi connectivity index (χ2n) is 8.33. The van der Waals surface area contributed by atoms with E-state index >= 15 is 0 Å². The molecule has 1 unspecified atom stereocenters. The van der Waals surface area contributed by atoms with Crippen LogP contribution in [0.1, 0.15) is 30.2 Å². The third-order valence-corrected chi connectivity index (χ3v) is 5.87. The maximum absolute atomic E-state index is 12.7. The van der Waals surface area contributed by atoms with E-state index in [1.807, 2.05) is 48.5 Å². The van der Waals surface area contributed by atoms with Gasteiger partial charge in [-0.3, -0.25) is 14.7 Å². The van der Waals surface area contributed by atoms with Crippen LogP contribution in [0.25, 0.3) is 11.6 Å². The third-order valence-electron chi connectivity index (χ3n) is 5.87. The number of allylic oxidation sites excluding steroid dienone is 1. The highest BCUT2D eigenvalue weighted by atomic mass is 16.5. The molecule has 1 amide bonds. The van der Waals surface area contributed by atoms with Crippen molar-refractivity contribution in [2.45, 2.75) is 32.2 Å². The predicted octanol–water partition coefficient (Wildman–Crippen LogP) is 0.963. The summed E-state index contributed by atoms with van der Waals surface area (Å²) in [6.07, 6.45) is 3.21. The molecule has 2 aromatic carbocycles. The number of fused-ring (bicyclic) bond motifs is 1. The summed E-state index contributed by atoms with van der Waals surface area (Å²) in [5, 5.41) is 9.85. The SMILES string of the molecule is COC(=O)C(CC1=c2ccccc2=N/C1=C/c1c(CCc2ccc(N)cc2)[nH][nH]c1=O)NC(C)=O. The number of hydrogen-bond acceptors (Lipinski definition) is 6. The third kappa shape index (κ3) is 5.40. The Kier molecular flexibility index (Phi) is 6.96. The molecule has 9 heteroatoms. The van der Waals surface area contributed by atoms with Crippen molar-refractivity contribution in [3.63, 3.8) is 0 Å². The van der Waals surface area contributed by atoms with Crippen LogP contribution in [-0.4, -0.2) is 35.2 Å². The number of nitrogens with two attached hydrogens (primary N) is 1. The number of para-hydroxylation sites is 1. The molecule has 1 aliphatic rings. The van der Waals surface area contributed by atoms with E-state index in [1.54, 1.807) is 6.08 Å². The monoisotopic (exact) mass is 473 g/mol. The summed E-state index contributed by atoms with van der Waals surface area (Å²) in [5.74, 6) is -0.901. The van der Waals surface area contributed by atoms with Crippen molar-refractivity contribution in [1.82, 2.24) is 15.5 Å². The Morgan fingerprint density at radius 3 is 2.57 bits per heavy atom. The molecule has 0 aliphatic carbocycles. The van der Waals surface area contributed by atoms with Gasteiger partial charge in [0.25, 0.3) is 5.56 Å². The van der Waals surface area contributed by atoms with Crippen LogP contribution in [0, 0.1) is 0 Å². The molecule has 9 nitrogen and oxygen atoms in total. The number of nitrogens with one attached hydrogen (secondary N) is 3. The molecule has 0 spiro atoms. The first-order chi connectivity index (χ1) is 16.9. The minimum absolute atomic E-state index is 0.168. The molecule has 0 saturated heterocycles. The number of carbonyl (C=O) groups is 2. The first-order valence-corrected chi connectivity index (χ1v) is 11.2. The summed E-state index contributed by atoms with van der Waals surface area (Å²) in [6, 6.07) is 14.3. The normalized spacial score (nSPS) is 14.3. The predicted molar refractivity (Wildman–Crippen MR) is 133 cm³/mol. The van der Waals surface area contributed by atoms with Crippen molar-refractivity contribution >= 4 is 29.2 Å². The number of aromatic nitrogens is 2. The average molecular weight is 474 g/mol. The van der Waals surface area contributed by atoms with Gasteiger partial charge in [-0.05, 0) is 48.3 Å². The molecule has 1 atom stereocenters. The number of hydrogen-bond donors (Lipinski definition) is 4. The van der Waals surface area contributed by atoms with Gasteiger partial charge in [0.1, 0.15) is 6.04 Å². The Balaban J connectivity index is 1.69. The second-order valence-corrected chi connectivity index (χ2v) is 8.33. The maximum Gasteiger partial charge on any atom is 0.328 e. The van der Waals surface area contributed by atoms with Gasteiger partial charge in [-0.25, -0.2) is 9.79 Å². The highest BCUT2D eigenvalue weighted by Crippen LogP contribution is 2.23. The number of methoxy groups -OCH3 is 1. The minimum atomic E-state index is -0.883. The standard InChI is InChI=1S/C26H27N5O4/c1-15(32)28-24(26(34)35-2)13-19-18-5-3-4-6-21(18)29-23(19)14-20-22(30-31-25(20)33)12-9-16-7-10-17(27)11-8-16/h3-8,10-11,14,24H,9,12-13,27H2,1-2H3,(H,28,32)(H2,30,31,33)/b23-14+. The van der Waals surface area contributed by atoms with Gasteiger partial charge in [-0.2, -0.15) is 0 Å². The van der Waals surface area contributed by atoms with E-state index in [0.717, 1.165) is 27.4 Å². The molecule has 5 N–H and O–H groups in total. The van der Waals surface area contributed by atoms with Gasteiger partial charge in [-0.1, -0.05) is 30.3 Å². The maximum atomic E-state index is 12.7. The molecular formula is C26H27N5O4. The number of carbonyl (C=O) groups excluding carboxylic acids is 2. The van der Waals surface area contributed by atoms with Crippen LogP contribution in [0.2, 0.25) is 0 Å². The Labute approximate surface area is 201 Å². The topological polar surface area (TPSA) is 142 Å². The number of rotatable bonds is 8. The number of anilines is 1. The zero-order valence-corrected chi connectivity index (χ0v) is 19.6. The highest BCUT2D eigenvalue weighted by Gasteiger charge is 2.25. The average Bonchev–Trinajstić information content (AvgIpc) is 3.37. The molecule has 35 heavy (non-hydrogen) atoms. The first-order valence-electron chi connectivity index (χ1n) is 11.2. The second kappa shape index (κ2) is 10.3. The summed E-state index contributed by atoms with van der Waals surface area (Å²) < 4.78 is 4.89. The smallest absolute Gasteiger partial charge is 0.328 e. The van der Waals surface area contributed by atoms with E-state index in [9.17, 15) is 14.4 Å². The number of aryl methyl sites for hydroxylation is 2. The summed E-state index contributed by atoms with van der Waals surface area (Å²) in [7, 11) is 1.28. The minimum Gasteiger partial charge on any atom is -0.467 e. The fourth-order valence-electron chi connectivity index (χ4n) is 4.12. The quantitative estimate of drug-likeness (QED) is 0.285. The number of nitrogens with zero attached hydrogens (tertiary/aromatic N) is 1.